The minimum absolute atomic E-state index is 0.820. The van der Waals surface area contributed by atoms with Crippen LogP contribution in [0.5, 0.6) is 11.5 Å². The molecule has 9 aromatic rings. The van der Waals surface area contributed by atoms with Crippen molar-refractivity contribution in [2.24, 2.45) is 0 Å². The van der Waals surface area contributed by atoms with E-state index in [1.165, 1.54) is 0 Å². The van der Waals surface area contributed by atoms with Crippen LogP contribution in [0.3, 0.4) is 0 Å². The highest BCUT2D eigenvalue weighted by Crippen LogP contribution is 2.51. The van der Waals surface area contributed by atoms with Gasteiger partial charge in [-0.05, 0) is 59.7 Å². The minimum atomic E-state index is 0.820. The Hall–Kier alpha value is -6.26. The smallest absolute Gasteiger partial charge is 0.159 e. The molecule has 1 aliphatic rings. The first kappa shape index (κ1) is 25.1. The molecule has 0 bridgehead atoms. The number of hydrogen-bond donors (Lipinski definition) is 0. The Morgan fingerprint density at radius 1 is 0.370 bits per heavy atom. The molecule has 2 aromatic heterocycles. The van der Waals surface area contributed by atoms with Crippen LogP contribution in [0.15, 0.2) is 160 Å². The molecule has 0 fully saturated rings. The van der Waals surface area contributed by atoms with Crippen LogP contribution < -0.4 is 9.64 Å². The average molecular weight is 592 g/mol. The molecule has 0 amide bonds. The highest BCUT2D eigenvalue weighted by Gasteiger charge is 2.26. The molecule has 7 aromatic carbocycles. The van der Waals surface area contributed by atoms with Gasteiger partial charge in [0.15, 0.2) is 11.2 Å². The van der Waals surface area contributed by atoms with Crippen LogP contribution >= 0.6 is 0 Å². The van der Waals surface area contributed by atoms with Gasteiger partial charge in [-0.1, -0.05) is 103 Å². The minimum Gasteiger partial charge on any atom is -0.456 e. The van der Waals surface area contributed by atoms with E-state index >= 15 is 0 Å². The number of benzene rings is 7. The largest absolute Gasteiger partial charge is 0.456 e. The summed E-state index contributed by atoms with van der Waals surface area (Å²) in [5, 5.41) is 4.31. The van der Waals surface area contributed by atoms with Crippen molar-refractivity contribution in [3.05, 3.63) is 152 Å². The lowest BCUT2D eigenvalue weighted by Gasteiger charge is -2.26. The van der Waals surface area contributed by atoms with Crippen molar-refractivity contribution in [1.29, 1.82) is 0 Å². The van der Waals surface area contributed by atoms with E-state index in [0.29, 0.717) is 0 Å². The van der Waals surface area contributed by atoms with Crippen molar-refractivity contribution in [3.63, 3.8) is 0 Å². The van der Waals surface area contributed by atoms with Gasteiger partial charge >= 0.3 is 0 Å². The zero-order chi connectivity index (χ0) is 30.2. The first-order chi connectivity index (χ1) is 22.8. The third-order valence-electron chi connectivity index (χ3n) is 9.08. The summed E-state index contributed by atoms with van der Waals surface area (Å²) in [5.41, 5.74) is 10.5. The van der Waals surface area contributed by atoms with Gasteiger partial charge in [0.1, 0.15) is 22.7 Å². The van der Waals surface area contributed by atoms with E-state index in [4.69, 9.17) is 13.6 Å². The van der Waals surface area contributed by atoms with Gasteiger partial charge in [0.2, 0.25) is 0 Å². The van der Waals surface area contributed by atoms with Crippen molar-refractivity contribution < 1.29 is 13.6 Å². The van der Waals surface area contributed by atoms with Gasteiger partial charge in [0, 0.05) is 38.4 Å². The third kappa shape index (κ3) is 3.61. The highest BCUT2D eigenvalue weighted by atomic mass is 16.5. The Morgan fingerprint density at radius 2 is 0.870 bits per heavy atom. The molecule has 0 saturated heterocycles. The van der Waals surface area contributed by atoms with Crippen LogP contribution in [0.2, 0.25) is 0 Å². The van der Waals surface area contributed by atoms with Crippen LogP contribution in [-0.2, 0) is 0 Å². The van der Waals surface area contributed by atoms with Gasteiger partial charge in [-0.25, -0.2) is 0 Å². The molecule has 0 spiro atoms. The molecule has 0 radical (unpaired) electrons. The number of fused-ring (bicyclic) bond motifs is 11. The van der Waals surface area contributed by atoms with Crippen molar-refractivity contribution in [2.45, 2.75) is 0 Å². The van der Waals surface area contributed by atoms with E-state index in [-0.39, 0.29) is 0 Å². The standard InChI is InChI=1S/C42H25NO3/c1-5-19-37-28(11-1)27-24-23-26(25-34(27)31-14-4-6-20-38(31)44-37)43(35-17-9-15-32-29-12-2-7-21-39(29)45-41(32)35)36-18-10-16-33-30-13-3-8-22-40(30)46-42(33)36/h1-25H. The number of furan rings is 2. The summed E-state index contributed by atoms with van der Waals surface area (Å²) in [6.07, 6.45) is 0. The molecule has 4 heteroatoms. The zero-order valence-electron chi connectivity index (χ0n) is 24.6. The van der Waals surface area contributed by atoms with Crippen molar-refractivity contribution >= 4 is 60.9 Å². The molecular formula is C42H25NO3. The highest BCUT2D eigenvalue weighted by molar-refractivity contribution is 6.14. The monoisotopic (exact) mass is 591 g/mol. The summed E-state index contributed by atoms with van der Waals surface area (Å²) < 4.78 is 19.7. The second-order valence-corrected chi connectivity index (χ2v) is 11.7. The summed E-state index contributed by atoms with van der Waals surface area (Å²) in [6.45, 7) is 0. The Balaban J connectivity index is 1.30. The van der Waals surface area contributed by atoms with E-state index in [9.17, 15) is 0 Å². The summed E-state index contributed by atoms with van der Waals surface area (Å²) in [5.74, 6) is 1.67. The fourth-order valence-electron chi connectivity index (χ4n) is 7.03. The van der Waals surface area contributed by atoms with Gasteiger partial charge in [-0.15, -0.1) is 0 Å². The quantitative estimate of drug-likeness (QED) is 0.205. The van der Waals surface area contributed by atoms with Crippen LogP contribution in [0.1, 0.15) is 0 Å². The third-order valence-corrected chi connectivity index (χ3v) is 9.08. The van der Waals surface area contributed by atoms with Crippen molar-refractivity contribution in [1.82, 2.24) is 0 Å². The lowest BCUT2D eigenvalue weighted by atomic mass is 9.93. The number of ether oxygens (including phenoxy) is 1. The maximum atomic E-state index is 6.62. The van der Waals surface area contributed by atoms with Gasteiger partial charge in [0.25, 0.3) is 0 Å². The van der Waals surface area contributed by atoms with Crippen molar-refractivity contribution in [2.75, 3.05) is 4.90 Å². The molecule has 0 saturated carbocycles. The summed E-state index contributed by atoms with van der Waals surface area (Å²) in [4.78, 5) is 2.27. The topological polar surface area (TPSA) is 38.8 Å². The van der Waals surface area contributed by atoms with Crippen molar-refractivity contribution in [3.8, 4) is 33.8 Å². The average Bonchev–Trinajstić information content (AvgIpc) is 3.65. The molecule has 10 rings (SSSR count). The SMILES string of the molecule is c1ccc2c(c1)Oc1ccccc1-c1cc(N(c3cccc4c3oc3ccccc34)c3cccc4c3oc3ccccc34)ccc1-2. The number of rotatable bonds is 3. The molecule has 0 aliphatic carbocycles. The van der Waals surface area contributed by atoms with E-state index in [2.05, 4.69) is 108 Å². The summed E-state index contributed by atoms with van der Waals surface area (Å²) in [7, 11) is 0. The van der Waals surface area contributed by atoms with Crippen LogP contribution in [-0.4, -0.2) is 0 Å². The Morgan fingerprint density at radius 3 is 1.48 bits per heavy atom. The fraction of sp³-hybridized carbons (Fsp3) is 0. The Bertz CT molecular complexity index is 2530. The van der Waals surface area contributed by atoms with Crippen LogP contribution in [0, 0.1) is 0 Å². The molecule has 46 heavy (non-hydrogen) atoms. The maximum Gasteiger partial charge on any atom is 0.159 e. The molecule has 3 heterocycles. The predicted molar refractivity (Wildman–Crippen MR) is 187 cm³/mol. The molecule has 0 N–H and O–H groups in total. The molecule has 4 nitrogen and oxygen atoms in total. The van der Waals surface area contributed by atoms with E-state index < -0.39 is 0 Å². The lowest BCUT2D eigenvalue weighted by Crippen LogP contribution is -2.11. The fourth-order valence-corrected chi connectivity index (χ4v) is 7.03. The van der Waals surface area contributed by atoms with E-state index in [0.717, 1.165) is 94.7 Å². The summed E-state index contributed by atoms with van der Waals surface area (Å²) >= 11 is 0. The second kappa shape index (κ2) is 9.62. The molecular weight excluding hydrogens is 566 g/mol. The molecule has 1 aliphatic heterocycles. The number of anilines is 3. The maximum absolute atomic E-state index is 6.62. The first-order valence-corrected chi connectivity index (χ1v) is 15.4. The Labute approximate surface area is 264 Å². The van der Waals surface area contributed by atoms with Gasteiger partial charge < -0.3 is 18.5 Å². The first-order valence-electron chi connectivity index (χ1n) is 15.4. The zero-order valence-corrected chi connectivity index (χ0v) is 24.6. The summed E-state index contributed by atoms with van der Waals surface area (Å²) in [6, 6.07) is 52.3. The predicted octanol–water partition coefficient (Wildman–Crippen LogP) is 12.4. The second-order valence-electron chi connectivity index (χ2n) is 11.7. The normalized spacial score (nSPS) is 12.1. The van der Waals surface area contributed by atoms with Crippen LogP contribution in [0.25, 0.3) is 66.1 Å². The van der Waals surface area contributed by atoms with E-state index in [1.54, 1.807) is 0 Å². The number of hydrogen-bond acceptors (Lipinski definition) is 4. The van der Waals surface area contributed by atoms with E-state index in [1.807, 2.05) is 48.5 Å². The van der Waals surface area contributed by atoms with Crippen LogP contribution in [0.4, 0.5) is 17.1 Å². The van der Waals surface area contributed by atoms with Gasteiger partial charge in [-0.2, -0.15) is 0 Å². The van der Waals surface area contributed by atoms with Gasteiger partial charge in [0.05, 0.1) is 11.4 Å². The Kier molecular flexibility index (Phi) is 5.25. The molecule has 216 valence electrons. The molecule has 0 atom stereocenters. The number of nitrogens with zero attached hydrogens (tertiary/aromatic N) is 1. The number of para-hydroxylation sites is 6. The molecule has 0 unspecified atom stereocenters. The van der Waals surface area contributed by atoms with Gasteiger partial charge in [-0.3, -0.25) is 0 Å². The lowest BCUT2D eigenvalue weighted by molar-refractivity contribution is 0.488.